The van der Waals surface area contributed by atoms with Gasteiger partial charge in [0.15, 0.2) is 11.6 Å². The summed E-state index contributed by atoms with van der Waals surface area (Å²) in [6.07, 6.45) is -4.48. The molecule has 5 rings (SSSR count). The van der Waals surface area contributed by atoms with Crippen molar-refractivity contribution in [3.63, 3.8) is 0 Å². The molecule has 3 aromatic rings. The number of halogens is 4. The molecule has 2 atom stereocenters. The van der Waals surface area contributed by atoms with Crippen molar-refractivity contribution >= 4 is 17.7 Å². The maximum Gasteiger partial charge on any atom is 0.429 e. The summed E-state index contributed by atoms with van der Waals surface area (Å²) in [5.41, 5.74) is 6.56. The van der Waals surface area contributed by atoms with E-state index in [2.05, 4.69) is 15.3 Å². The van der Waals surface area contributed by atoms with Crippen LogP contribution in [0.3, 0.4) is 0 Å². The number of anilines is 2. The van der Waals surface area contributed by atoms with Crippen molar-refractivity contribution in [2.45, 2.75) is 50.9 Å². The number of carbonyl (C=O) groups is 1. The van der Waals surface area contributed by atoms with E-state index in [0.717, 1.165) is 6.42 Å². The zero-order chi connectivity index (χ0) is 30.8. The van der Waals surface area contributed by atoms with Crippen LogP contribution in [0.2, 0.25) is 0 Å². The van der Waals surface area contributed by atoms with Crippen molar-refractivity contribution < 1.29 is 36.9 Å². The number of aliphatic carboxylic acids is 1. The molecule has 9 nitrogen and oxygen atoms in total. The average molecular weight is 604 g/mol. The number of hydrogen-bond acceptors (Lipinski definition) is 8. The highest BCUT2D eigenvalue weighted by Gasteiger charge is 2.45. The average Bonchev–Trinajstić information content (AvgIpc) is 3.38. The van der Waals surface area contributed by atoms with E-state index in [-0.39, 0.29) is 28.6 Å². The maximum absolute atomic E-state index is 14.4. The van der Waals surface area contributed by atoms with E-state index in [0.29, 0.717) is 62.4 Å². The van der Waals surface area contributed by atoms with E-state index >= 15 is 0 Å². The van der Waals surface area contributed by atoms with Gasteiger partial charge in [-0.15, -0.1) is 0 Å². The molecule has 13 heteroatoms. The van der Waals surface area contributed by atoms with Crippen LogP contribution in [0.5, 0.6) is 11.6 Å². The Labute approximate surface area is 246 Å². The smallest absolute Gasteiger partial charge is 0.429 e. The van der Waals surface area contributed by atoms with Gasteiger partial charge in [-0.2, -0.15) is 23.1 Å². The van der Waals surface area contributed by atoms with Crippen molar-refractivity contribution in [2.24, 2.45) is 5.41 Å². The number of carboxylic acid groups (broad SMARTS) is 1. The van der Waals surface area contributed by atoms with Gasteiger partial charge < -0.3 is 30.5 Å². The summed E-state index contributed by atoms with van der Waals surface area (Å²) < 4.78 is 67.8. The van der Waals surface area contributed by atoms with Gasteiger partial charge in [0.2, 0.25) is 17.9 Å². The molecular weight excluding hydrogens is 570 g/mol. The van der Waals surface area contributed by atoms with Crippen LogP contribution < -0.4 is 25.4 Å². The zero-order valence-electron chi connectivity index (χ0n) is 23.5. The van der Waals surface area contributed by atoms with Crippen LogP contribution >= 0.6 is 0 Å². The monoisotopic (exact) mass is 603 g/mol. The topological polar surface area (TPSA) is 123 Å². The fourth-order valence-corrected chi connectivity index (χ4v) is 5.64. The van der Waals surface area contributed by atoms with E-state index in [9.17, 15) is 27.5 Å². The largest absolute Gasteiger partial charge is 0.491 e. The van der Waals surface area contributed by atoms with E-state index < -0.39 is 30.1 Å². The van der Waals surface area contributed by atoms with Crippen LogP contribution in [0.25, 0.3) is 11.1 Å². The summed E-state index contributed by atoms with van der Waals surface area (Å²) in [6, 6.07) is 10.7. The van der Waals surface area contributed by atoms with Gasteiger partial charge >= 0.3 is 12.1 Å². The first-order valence-electron chi connectivity index (χ1n) is 14.1. The third kappa shape index (κ3) is 6.93. The Morgan fingerprint density at radius 3 is 2.44 bits per heavy atom. The zero-order valence-corrected chi connectivity index (χ0v) is 23.5. The van der Waals surface area contributed by atoms with Crippen molar-refractivity contribution in [2.75, 3.05) is 36.9 Å². The second-order valence-corrected chi connectivity index (χ2v) is 11.0. The molecule has 2 aliphatic rings. The summed E-state index contributed by atoms with van der Waals surface area (Å²) in [5.74, 6) is -1.54. The quantitative estimate of drug-likeness (QED) is 0.277. The number of carboxylic acids is 1. The first-order chi connectivity index (χ1) is 20.5. The van der Waals surface area contributed by atoms with E-state index in [1.165, 1.54) is 42.5 Å². The highest BCUT2D eigenvalue weighted by atomic mass is 19.4. The molecular formula is C30H33F4N5O4. The Balaban J connectivity index is 1.30. The Morgan fingerprint density at radius 2 is 1.84 bits per heavy atom. The minimum Gasteiger partial charge on any atom is -0.491 e. The number of nitrogens with two attached hydrogens (primary N) is 1. The molecule has 2 aromatic carbocycles. The van der Waals surface area contributed by atoms with E-state index in [1.54, 1.807) is 6.07 Å². The predicted molar refractivity (Wildman–Crippen MR) is 151 cm³/mol. The second-order valence-electron chi connectivity index (χ2n) is 11.0. The molecule has 2 fully saturated rings. The number of hydrogen-bond donors (Lipinski definition) is 3. The van der Waals surface area contributed by atoms with Crippen molar-refractivity contribution in [3.05, 3.63) is 59.9 Å². The third-order valence-electron chi connectivity index (χ3n) is 7.99. The highest BCUT2D eigenvalue weighted by molar-refractivity contribution is 5.74. The molecule has 1 aromatic heterocycles. The lowest BCUT2D eigenvalue weighted by atomic mass is 9.76. The van der Waals surface area contributed by atoms with Gasteiger partial charge in [-0.3, -0.25) is 4.79 Å². The Kier molecular flexibility index (Phi) is 8.63. The number of nitrogen functional groups attached to an aromatic ring is 1. The van der Waals surface area contributed by atoms with Crippen molar-refractivity contribution in [3.8, 4) is 22.8 Å². The normalized spacial score (nSPS) is 18.9. The van der Waals surface area contributed by atoms with Gasteiger partial charge in [-0.05, 0) is 54.4 Å². The minimum absolute atomic E-state index is 0.114. The van der Waals surface area contributed by atoms with Gasteiger partial charge in [0.25, 0.3) is 0 Å². The van der Waals surface area contributed by atoms with Gasteiger partial charge in [0, 0.05) is 31.3 Å². The Bertz CT molecular complexity index is 1450. The fourth-order valence-electron chi connectivity index (χ4n) is 5.64. The molecule has 2 unspecified atom stereocenters. The first-order valence-corrected chi connectivity index (χ1v) is 14.1. The molecule has 43 heavy (non-hydrogen) atoms. The maximum atomic E-state index is 14.4. The van der Waals surface area contributed by atoms with Crippen molar-refractivity contribution in [1.29, 1.82) is 0 Å². The summed E-state index contributed by atoms with van der Waals surface area (Å²) in [6.45, 7) is 3.93. The molecule has 0 aliphatic carbocycles. The number of benzene rings is 2. The summed E-state index contributed by atoms with van der Waals surface area (Å²) >= 11 is 0. The number of aromatic nitrogens is 2. The van der Waals surface area contributed by atoms with Crippen LogP contribution in [0.1, 0.15) is 44.3 Å². The molecule has 3 heterocycles. The first kappa shape index (κ1) is 30.3. The van der Waals surface area contributed by atoms with Gasteiger partial charge in [-0.25, -0.2) is 4.39 Å². The Morgan fingerprint density at radius 1 is 1.14 bits per heavy atom. The van der Waals surface area contributed by atoms with Crippen LogP contribution in [-0.2, 0) is 4.79 Å². The molecule has 2 aliphatic heterocycles. The van der Waals surface area contributed by atoms with Crippen molar-refractivity contribution in [1.82, 2.24) is 15.3 Å². The summed E-state index contributed by atoms with van der Waals surface area (Å²) in [7, 11) is 0. The molecule has 4 N–H and O–H groups in total. The van der Waals surface area contributed by atoms with E-state index in [4.69, 9.17) is 15.2 Å². The number of ether oxygens (including phenoxy) is 2. The molecule has 0 saturated carbocycles. The number of nitrogens with zero attached hydrogens (tertiary/aromatic N) is 3. The molecule has 0 bridgehead atoms. The Hall–Kier alpha value is -4.13. The highest BCUT2D eigenvalue weighted by Crippen LogP contribution is 2.41. The molecule has 1 spiro atoms. The lowest BCUT2D eigenvalue weighted by molar-refractivity contribution is -0.198. The number of nitrogens with one attached hydrogen (secondary N) is 1. The lowest BCUT2D eigenvalue weighted by Crippen LogP contribution is -2.41. The molecule has 0 radical (unpaired) electrons. The van der Waals surface area contributed by atoms with Gasteiger partial charge in [-0.1, -0.05) is 37.3 Å². The number of rotatable bonds is 9. The SMILES string of the molecule is CCCOc1ccc(-c2ccc(C(Oc3cc(N4CCC5(CC4)CNC(C(=O)O)C5)nc(N)n3)C(F)(F)F)cc2)cc1F. The van der Waals surface area contributed by atoms with Gasteiger partial charge in [0.05, 0.1) is 6.61 Å². The minimum atomic E-state index is -4.78. The number of piperidine rings is 1. The van der Waals surface area contributed by atoms with Crippen LogP contribution in [0, 0.1) is 11.2 Å². The summed E-state index contributed by atoms with van der Waals surface area (Å²) in [5, 5.41) is 12.4. The molecule has 2 saturated heterocycles. The van der Waals surface area contributed by atoms with Crippen LogP contribution in [0.4, 0.5) is 29.3 Å². The molecule has 0 amide bonds. The number of alkyl halides is 3. The lowest BCUT2D eigenvalue weighted by Gasteiger charge is -2.39. The second kappa shape index (κ2) is 12.2. The summed E-state index contributed by atoms with van der Waals surface area (Å²) in [4.78, 5) is 21.4. The predicted octanol–water partition coefficient (Wildman–Crippen LogP) is 5.37. The third-order valence-corrected chi connectivity index (χ3v) is 7.99. The van der Waals surface area contributed by atoms with E-state index in [1.807, 2.05) is 11.8 Å². The van der Waals surface area contributed by atoms with Gasteiger partial charge in [0.1, 0.15) is 11.9 Å². The van der Waals surface area contributed by atoms with Crippen LogP contribution in [-0.4, -0.2) is 59.5 Å². The molecule has 230 valence electrons. The fraction of sp³-hybridized carbons (Fsp3) is 0.433. The van der Waals surface area contributed by atoms with Crippen LogP contribution in [0.15, 0.2) is 48.5 Å². The standard InChI is InChI=1S/C30H33F4N5O4/c1-2-13-42-23-8-7-20(14-21(23)31)18-3-5-19(6-4-18)26(30(32,33)34)43-25-15-24(37-28(35)38-25)39-11-9-29(10-12-39)16-22(27(40)41)36-17-29/h3-8,14-15,22,26,36H,2,9-13,16-17H2,1H3,(H,40,41)(H2,35,37,38).